The lowest BCUT2D eigenvalue weighted by Gasteiger charge is -2.26. The number of amides is 1. The molecule has 1 aliphatic carbocycles. The minimum absolute atomic E-state index is 0.0497. The Morgan fingerprint density at radius 2 is 2.00 bits per heavy atom. The highest BCUT2D eigenvalue weighted by Gasteiger charge is 2.23. The normalized spacial score (nSPS) is 15.7. The third kappa shape index (κ3) is 3.52. The number of hydrogen-bond donors (Lipinski definition) is 1. The Balaban J connectivity index is 1.58. The molecule has 5 heteroatoms. The van der Waals surface area contributed by atoms with E-state index in [9.17, 15) is 4.79 Å². The molecule has 0 radical (unpaired) electrons. The molecular weight excluding hydrogens is 350 g/mol. The van der Waals surface area contributed by atoms with Gasteiger partial charge in [-0.15, -0.1) is 0 Å². The van der Waals surface area contributed by atoms with E-state index in [-0.39, 0.29) is 11.9 Å². The van der Waals surface area contributed by atoms with Crippen LogP contribution in [0.1, 0.15) is 47.4 Å². The number of aryl methyl sites for hydroxylation is 2. The first kappa shape index (κ1) is 18.3. The summed E-state index contributed by atoms with van der Waals surface area (Å²) in [5.74, 6) is 0.684. The minimum atomic E-state index is -0.122. The molecule has 28 heavy (non-hydrogen) atoms. The quantitative estimate of drug-likeness (QED) is 0.720. The van der Waals surface area contributed by atoms with Crippen molar-refractivity contribution in [2.45, 2.75) is 38.8 Å². The van der Waals surface area contributed by atoms with Crippen LogP contribution in [0.4, 0.5) is 0 Å². The van der Waals surface area contributed by atoms with Gasteiger partial charge in [0.1, 0.15) is 5.75 Å². The lowest BCUT2D eigenvalue weighted by molar-refractivity contribution is 0.0927. The van der Waals surface area contributed by atoms with Gasteiger partial charge >= 0.3 is 0 Å². The molecule has 2 aromatic carbocycles. The number of nitrogens with one attached hydrogen (secondary N) is 1. The van der Waals surface area contributed by atoms with Crippen LogP contribution in [0, 0.1) is 0 Å². The van der Waals surface area contributed by atoms with Crippen LogP contribution >= 0.6 is 0 Å². The molecule has 0 saturated carbocycles. The molecule has 1 unspecified atom stereocenters. The fraction of sp³-hybridized carbons (Fsp3) is 0.304. The van der Waals surface area contributed by atoms with Crippen molar-refractivity contribution in [3.05, 3.63) is 71.4 Å². The number of ether oxygens (including phenoxy) is 1. The summed E-state index contributed by atoms with van der Waals surface area (Å²) in [5, 5.41) is 7.73. The van der Waals surface area contributed by atoms with E-state index in [1.807, 2.05) is 48.0 Å². The Bertz CT molecular complexity index is 976. The van der Waals surface area contributed by atoms with E-state index in [0.29, 0.717) is 12.2 Å². The number of aromatic nitrogens is 2. The van der Waals surface area contributed by atoms with Crippen molar-refractivity contribution in [1.29, 1.82) is 0 Å². The molecule has 1 amide bonds. The monoisotopic (exact) mass is 375 g/mol. The van der Waals surface area contributed by atoms with E-state index >= 15 is 0 Å². The second kappa shape index (κ2) is 7.89. The fourth-order valence-electron chi connectivity index (χ4n) is 3.90. The molecule has 5 nitrogen and oxygen atoms in total. The smallest absolute Gasteiger partial charge is 0.272 e. The van der Waals surface area contributed by atoms with Crippen LogP contribution in [0.2, 0.25) is 0 Å². The summed E-state index contributed by atoms with van der Waals surface area (Å²) in [6.07, 6.45) is 3.12. The second-order valence-corrected chi connectivity index (χ2v) is 7.08. The number of fused-ring (bicyclic) bond motifs is 1. The van der Waals surface area contributed by atoms with Crippen molar-refractivity contribution >= 4 is 5.91 Å². The van der Waals surface area contributed by atoms with Crippen molar-refractivity contribution in [2.24, 2.45) is 0 Å². The van der Waals surface area contributed by atoms with Crippen LogP contribution < -0.4 is 10.1 Å². The Morgan fingerprint density at radius 1 is 1.21 bits per heavy atom. The first-order chi connectivity index (χ1) is 13.7. The topological polar surface area (TPSA) is 56.2 Å². The highest BCUT2D eigenvalue weighted by molar-refractivity contribution is 5.93. The lowest BCUT2D eigenvalue weighted by Crippen LogP contribution is -2.31. The van der Waals surface area contributed by atoms with Crippen LogP contribution in [0.3, 0.4) is 0 Å². The molecule has 0 bridgehead atoms. The average Bonchev–Trinajstić information content (AvgIpc) is 3.19. The molecule has 0 saturated heterocycles. The van der Waals surface area contributed by atoms with Crippen molar-refractivity contribution in [3.63, 3.8) is 0 Å². The van der Waals surface area contributed by atoms with Gasteiger partial charge in [0.15, 0.2) is 5.69 Å². The zero-order valence-electron chi connectivity index (χ0n) is 16.3. The van der Waals surface area contributed by atoms with Crippen molar-refractivity contribution in [2.75, 3.05) is 7.11 Å². The third-order valence-corrected chi connectivity index (χ3v) is 5.37. The van der Waals surface area contributed by atoms with Crippen molar-refractivity contribution in [1.82, 2.24) is 15.1 Å². The van der Waals surface area contributed by atoms with E-state index in [1.54, 1.807) is 7.11 Å². The molecule has 1 N–H and O–H groups in total. The Morgan fingerprint density at radius 3 is 2.75 bits per heavy atom. The van der Waals surface area contributed by atoms with Crippen LogP contribution in [0.25, 0.3) is 11.3 Å². The second-order valence-electron chi connectivity index (χ2n) is 7.08. The maximum Gasteiger partial charge on any atom is 0.272 e. The maximum absolute atomic E-state index is 12.9. The molecule has 1 aliphatic rings. The molecule has 4 rings (SSSR count). The Labute approximate surface area is 165 Å². The van der Waals surface area contributed by atoms with E-state index in [4.69, 9.17) is 4.74 Å². The summed E-state index contributed by atoms with van der Waals surface area (Å²) >= 11 is 0. The highest BCUT2D eigenvalue weighted by atomic mass is 16.5. The molecular formula is C23H25N3O2. The molecule has 0 spiro atoms. The van der Waals surface area contributed by atoms with Gasteiger partial charge in [-0.25, -0.2) is 0 Å². The number of carbonyl (C=O) groups excluding carboxylic acids is 1. The first-order valence-corrected chi connectivity index (χ1v) is 9.80. The first-order valence-electron chi connectivity index (χ1n) is 9.80. The van der Waals surface area contributed by atoms with Crippen LogP contribution in [0.15, 0.2) is 54.6 Å². The number of carbonyl (C=O) groups is 1. The standard InChI is InChI=1S/C23H25N3O2/c1-3-26-22(17-11-13-18(28-2)14-12-17)15-21(25-26)23(27)24-20-10-6-8-16-7-4-5-9-19(16)20/h4-5,7,9,11-15,20H,3,6,8,10H2,1-2H3,(H,24,27). The van der Waals surface area contributed by atoms with Crippen LogP contribution in [0.5, 0.6) is 5.75 Å². The molecule has 1 heterocycles. The highest BCUT2D eigenvalue weighted by Crippen LogP contribution is 2.30. The van der Waals surface area contributed by atoms with Gasteiger partial charge in [0, 0.05) is 12.1 Å². The SMILES string of the molecule is CCn1nc(C(=O)NC2CCCc3ccccc32)cc1-c1ccc(OC)cc1. The number of rotatable bonds is 5. The predicted molar refractivity (Wildman–Crippen MR) is 109 cm³/mol. The van der Waals surface area contributed by atoms with Crippen LogP contribution in [-0.2, 0) is 13.0 Å². The van der Waals surface area contributed by atoms with Gasteiger partial charge in [-0.3, -0.25) is 9.48 Å². The van der Waals surface area contributed by atoms with E-state index in [1.165, 1.54) is 11.1 Å². The van der Waals surface area contributed by atoms with Crippen LogP contribution in [-0.4, -0.2) is 22.8 Å². The zero-order valence-corrected chi connectivity index (χ0v) is 16.3. The Hall–Kier alpha value is -3.08. The molecule has 0 aliphatic heterocycles. The van der Waals surface area contributed by atoms with E-state index in [0.717, 1.165) is 36.3 Å². The average molecular weight is 375 g/mol. The van der Waals surface area contributed by atoms with Crippen molar-refractivity contribution in [3.8, 4) is 17.0 Å². The number of nitrogens with zero attached hydrogens (tertiary/aromatic N) is 2. The summed E-state index contributed by atoms with van der Waals surface area (Å²) in [5.41, 5.74) is 4.96. The largest absolute Gasteiger partial charge is 0.497 e. The molecule has 144 valence electrons. The van der Waals surface area contributed by atoms with Gasteiger partial charge in [0.25, 0.3) is 5.91 Å². The van der Waals surface area contributed by atoms with Gasteiger partial charge in [-0.1, -0.05) is 24.3 Å². The van der Waals surface area contributed by atoms with Gasteiger partial charge in [0.05, 0.1) is 18.8 Å². The molecule has 3 aromatic rings. The maximum atomic E-state index is 12.9. The third-order valence-electron chi connectivity index (χ3n) is 5.37. The number of hydrogen-bond acceptors (Lipinski definition) is 3. The van der Waals surface area contributed by atoms with E-state index in [2.05, 4.69) is 28.6 Å². The van der Waals surface area contributed by atoms with Crippen molar-refractivity contribution < 1.29 is 9.53 Å². The zero-order chi connectivity index (χ0) is 19.5. The summed E-state index contributed by atoms with van der Waals surface area (Å²) < 4.78 is 7.10. The summed E-state index contributed by atoms with van der Waals surface area (Å²) in [7, 11) is 1.65. The van der Waals surface area contributed by atoms with Gasteiger partial charge < -0.3 is 10.1 Å². The summed E-state index contributed by atoms with van der Waals surface area (Å²) in [4.78, 5) is 12.9. The van der Waals surface area contributed by atoms with E-state index < -0.39 is 0 Å². The van der Waals surface area contributed by atoms with Gasteiger partial charge in [0.2, 0.25) is 0 Å². The van der Waals surface area contributed by atoms with Gasteiger partial charge in [-0.05, 0) is 67.6 Å². The number of methoxy groups -OCH3 is 1. The molecule has 1 aromatic heterocycles. The predicted octanol–water partition coefficient (Wildman–Crippen LogP) is 4.39. The number of benzene rings is 2. The molecule has 1 atom stereocenters. The minimum Gasteiger partial charge on any atom is -0.497 e. The lowest BCUT2D eigenvalue weighted by atomic mass is 9.87. The fourth-order valence-corrected chi connectivity index (χ4v) is 3.90. The summed E-state index contributed by atoms with van der Waals surface area (Å²) in [6.45, 7) is 2.72. The molecule has 0 fully saturated rings. The van der Waals surface area contributed by atoms with Gasteiger partial charge in [-0.2, -0.15) is 5.10 Å². The Kier molecular flexibility index (Phi) is 5.15. The summed E-state index contributed by atoms with van der Waals surface area (Å²) in [6, 6.07) is 18.1.